The number of carbonyl (C=O) groups is 1. The van der Waals surface area contributed by atoms with Crippen LogP contribution in [0.3, 0.4) is 0 Å². The zero-order chi connectivity index (χ0) is 18.6. The average Bonchev–Trinajstić information content (AvgIpc) is 2.74. The maximum atomic E-state index is 12.8. The Bertz CT molecular complexity index is 930. The first-order valence-electron chi connectivity index (χ1n) is 9.16. The van der Waals surface area contributed by atoms with Gasteiger partial charge in [0.1, 0.15) is 11.5 Å². The standard InChI is InChI=1S/C21H21N5O/c1-15-24-13-18(16-7-10-22-11-8-16)20(25-15)17-5-4-12-26(14-17)21(27)19-6-2-3-9-23-19/h2-3,6-11,13,17H,4-5,12,14H2,1H3/t17-/m0/s1. The summed E-state index contributed by atoms with van der Waals surface area (Å²) in [6.45, 7) is 3.30. The number of amides is 1. The van der Waals surface area contributed by atoms with Crippen LogP contribution in [0.4, 0.5) is 0 Å². The predicted octanol–water partition coefficient (Wildman–Crippen LogP) is 3.26. The minimum Gasteiger partial charge on any atom is -0.337 e. The van der Waals surface area contributed by atoms with Crippen LogP contribution in [0.15, 0.2) is 55.1 Å². The van der Waals surface area contributed by atoms with Crippen molar-refractivity contribution in [2.24, 2.45) is 0 Å². The van der Waals surface area contributed by atoms with E-state index in [1.54, 1.807) is 24.7 Å². The molecule has 1 amide bonds. The van der Waals surface area contributed by atoms with Crippen molar-refractivity contribution in [1.82, 2.24) is 24.8 Å². The van der Waals surface area contributed by atoms with E-state index in [9.17, 15) is 4.79 Å². The number of hydrogen-bond donors (Lipinski definition) is 0. The van der Waals surface area contributed by atoms with Gasteiger partial charge in [-0.2, -0.15) is 0 Å². The van der Waals surface area contributed by atoms with Crippen LogP contribution in [-0.2, 0) is 0 Å². The lowest BCUT2D eigenvalue weighted by molar-refractivity contribution is 0.0700. The van der Waals surface area contributed by atoms with Gasteiger partial charge < -0.3 is 4.90 Å². The monoisotopic (exact) mass is 359 g/mol. The van der Waals surface area contributed by atoms with Crippen molar-refractivity contribution in [3.63, 3.8) is 0 Å². The van der Waals surface area contributed by atoms with Gasteiger partial charge in [0, 0.05) is 49.4 Å². The van der Waals surface area contributed by atoms with Crippen LogP contribution in [0.2, 0.25) is 0 Å². The molecular formula is C21H21N5O. The summed E-state index contributed by atoms with van der Waals surface area (Å²) in [6, 6.07) is 9.37. The molecule has 1 fully saturated rings. The normalized spacial score (nSPS) is 16.9. The SMILES string of the molecule is Cc1ncc(-c2ccncc2)c([C@H]2CCCN(C(=O)c3ccccn3)C2)n1. The summed E-state index contributed by atoms with van der Waals surface area (Å²) < 4.78 is 0. The molecule has 6 nitrogen and oxygen atoms in total. The lowest BCUT2D eigenvalue weighted by Gasteiger charge is -2.33. The molecule has 0 saturated carbocycles. The number of rotatable bonds is 3. The fourth-order valence-corrected chi connectivity index (χ4v) is 3.59. The van der Waals surface area contributed by atoms with Crippen LogP contribution >= 0.6 is 0 Å². The smallest absolute Gasteiger partial charge is 0.272 e. The van der Waals surface area contributed by atoms with Crippen LogP contribution in [0.5, 0.6) is 0 Å². The molecule has 1 atom stereocenters. The number of aryl methyl sites for hydroxylation is 1. The number of likely N-dealkylation sites (tertiary alicyclic amines) is 1. The minimum absolute atomic E-state index is 0.0171. The summed E-state index contributed by atoms with van der Waals surface area (Å²) >= 11 is 0. The van der Waals surface area contributed by atoms with E-state index in [0.717, 1.165) is 42.0 Å². The highest BCUT2D eigenvalue weighted by atomic mass is 16.2. The molecule has 3 aromatic heterocycles. The van der Waals surface area contributed by atoms with Crippen LogP contribution in [0.25, 0.3) is 11.1 Å². The zero-order valence-electron chi connectivity index (χ0n) is 15.2. The van der Waals surface area contributed by atoms with Crippen LogP contribution in [0.1, 0.15) is 40.8 Å². The van der Waals surface area contributed by atoms with Crippen molar-refractivity contribution in [3.05, 3.63) is 72.3 Å². The van der Waals surface area contributed by atoms with Gasteiger partial charge >= 0.3 is 0 Å². The predicted molar refractivity (Wildman–Crippen MR) is 102 cm³/mol. The molecular weight excluding hydrogens is 338 g/mol. The Morgan fingerprint density at radius 2 is 1.96 bits per heavy atom. The molecule has 3 aromatic rings. The van der Waals surface area contributed by atoms with Crippen molar-refractivity contribution < 1.29 is 4.79 Å². The fourth-order valence-electron chi connectivity index (χ4n) is 3.59. The first-order chi connectivity index (χ1) is 13.2. The van der Waals surface area contributed by atoms with Crippen LogP contribution < -0.4 is 0 Å². The number of hydrogen-bond acceptors (Lipinski definition) is 5. The molecule has 1 aliphatic rings. The van der Waals surface area contributed by atoms with Gasteiger partial charge in [-0.05, 0) is 49.6 Å². The topological polar surface area (TPSA) is 71.9 Å². The molecule has 0 bridgehead atoms. The average molecular weight is 359 g/mol. The summed E-state index contributed by atoms with van der Waals surface area (Å²) in [7, 11) is 0. The van der Waals surface area contributed by atoms with Crippen molar-refractivity contribution >= 4 is 5.91 Å². The van der Waals surface area contributed by atoms with Gasteiger partial charge in [-0.25, -0.2) is 9.97 Å². The lowest BCUT2D eigenvalue weighted by Crippen LogP contribution is -2.39. The molecule has 6 heteroatoms. The Morgan fingerprint density at radius 3 is 2.74 bits per heavy atom. The van der Waals surface area contributed by atoms with E-state index in [2.05, 4.69) is 15.0 Å². The molecule has 136 valence electrons. The highest BCUT2D eigenvalue weighted by molar-refractivity contribution is 5.92. The quantitative estimate of drug-likeness (QED) is 0.718. The molecule has 4 heterocycles. The highest BCUT2D eigenvalue weighted by Gasteiger charge is 2.28. The summed E-state index contributed by atoms with van der Waals surface area (Å²) in [5.41, 5.74) is 3.56. The number of carbonyl (C=O) groups excluding carboxylic acids is 1. The van der Waals surface area contributed by atoms with E-state index in [1.165, 1.54) is 0 Å². The largest absolute Gasteiger partial charge is 0.337 e. The van der Waals surface area contributed by atoms with Crippen molar-refractivity contribution in [2.45, 2.75) is 25.7 Å². The third-order valence-corrected chi connectivity index (χ3v) is 4.91. The van der Waals surface area contributed by atoms with Gasteiger partial charge in [-0.15, -0.1) is 0 Å². The minimum atomic E-state index is -0.0171. The molecule has 0 unspecified atom stereocenters. The number of nitrogens with zero attached hydrogens (tertiary/aromatic N) is 5. The first-order valence-corrected chi connectivity index (χ1v) is 9.16. The number of aromatic nitrogens is 4. The van der Waals surface area contributed by atoms with Gasteiger partial charge in [0.25, 0.3) is 5.91 Å². The second kappa shape index (κ2) is 7.61. The van der Waals surface area contributed by atoms with Crippen molar-refractivity contribution in [1.29, 1.82) is 0 Å². The Morgan fingerprint density at radius 1 is 1.11 bits per heavy atom. The van der Waals surface area contributed by atoms with Gasteiger partial charge in [-0.1, -0.05) is 6.07 Å². The maximum Gasteiger partial charge on any atom is 0.272 e. The van der Waals surface area contributed by atoms with Crippen LogP contribution in [-0.4, -0.2) is 43.8 Å². The lowest BCUT2D eigenvalue weighted by atomic mass is 9.90. The Hall–Kier alpha value is -3.15. The van der Waals surface area contributed by atoms with Gasteiger partial charge in [0.2, 0.25) is 0 Å². The van der Waals surface area contributed by atoms with Gasteiger partial charge in [-0.3, -0.25) is 14.8 Å². The van der Waals surface area contributed by atoms with Gasteiger partial charge in [0.05, 0.1) is 5.69 Å². The van der Waals surface area contributed by atoms with Gasteiger partial charge in [0.15, 0.2) is 0 Å². The maximum absolute atomic E-state index is 12.8. The third kappa shape index (κ3) is 3.69. The molecule has 1 saturated heterocycles. The first kappa shape index (κ1) is 17.3. The second-order valence-corrected chi connectivity index (χ2v) is 6.76. The van der Waals surface area contributed by atoms with Crippen molar-refractivity contribution in [2.75, 3.05) is 13.1 Å². The molecule has 0 N–H and O–H groups in total. The molecule has 0 aliphatic carbocycles. The zero-order valence-corrected chi connectivity index (χ0v) is 15.2. The van der Waals surface area contributed by atoms with E-state index < -0.39 is 0 Å². The van der Waals surface area contributed by atoms with E-state index >= 15 is 0 Å². The number of pyridine rings is 2. The third-order valence-electron chi connectivity index (χ3n) is 4.91. The molecule has 0 radical (unpaired) electrons. The molecule has 0 aromatic carbocycles. The molecule has 1 aliphatic heterocycles. The van der Waals surface area contributed by atoms with Crippen molar-refractivity contribution in [3.8, 4) is 11.1 Å². The molecule has 0 spiro atoms. The summed E-state index contributed by atoms with van der Waals surface area (Å²) in [5.74, 6) is 0.906. The van der Waals surface area contributed by atoms with E-state index in [-0.39, 0.29) is 11.8 Å². The molecule has 27 heavy (non-hydrogen) atoms. The summed E-state index contributed by atoms with van der Waals surface area (Å²) in [4.78, 5) is 32.2. The number of piperidine rings is 1. The second-order valence-electron chi connectivity index (χ2n) is 6.76. The Kier molecular flexibility index (Phi) is 4.87. The Labute approximate surface area is 158 Å². The fraction of sp³-hybridized carbons (Fsp3) is 0.286. The summed E-state index contributed by atoms with van der Waals surface area (Å²) in [6.07, 6.45) is 9.03. The highest BCUT2D eigenvalue weighted by Crippen LogP contribution is 2.33. The Balaban J connectivity index is 1.64. The van der Waals surface area contributed by atoms with E-state index in [0.29, 0.717) is 12.2 Å². The van der Waals surface area contributed by atoms with Crippen LogP contribution in [0, 0.1) is 6.92 Å². The molecule has 4 rings (SSSR count). The van der Waals surface area contributed by atoms with E-state index in [1.807, 2.05) is 42.3 Å². The van der Waals surface area contributed by atoms with E-state index in [4.69, 9.17) is 4.98 Å². The summed E-state index contributed by atoms with van der Waals surface area (Å²) in [5, 5.41) is 0.